The lowest BCUT2D eigenvalue weighted by Crippen LogP contribution is -2.01. The van der Waals surface area contributed by atoms with Gasteiger partial charge in [-0.1, -0.05) is 18.6 Å². The number of hydrogen-bond acceptors (Lipinski definition) is 4. The van der Waals surface area contributed by atoms with Crippen molar-refractivity contribution in [3.63, 3.8) is 0 Å². The molecule has 1 aromatic carbocycles. The Labute approximate surface area is 111 Å². The van der Waals surface area contributed by atoms with Crippen molar-refractivity contribution in [3.8, 4) is 0 Å². The average Bonchev–Trinajstić information content (AvgIpc) is 2.37. The van der Waals surface area contributed by atoms with Crippen LogP contribution in [0.25, 0.3) is 21.9 Å². The molecular weight excluding hydrogens is 236 g/mol. The first-order valence-electron chi connectivity index (χ1n) is 6.42. The number of rotatable bonds is 1. The fourth-order valence-corrected chi connectivity index (χ4v) is 2.42. The number of anilines is 1. The zero-order chi connectivity index (χ0) is 13.6. The molecule has 0 bridgehead atoms. The van der Waals surface area contributed by atoms with E-state index in [0.29, 0.717) is 11.5 Å². The molecule has 0 radical (unpaired) electrons. The van der Waals surface area contributed by atoms with Gasteiger partial charge in [0.25, 0.3) is 0 Å². The molecule has 3 aromatic rings. The predicted octanol–water partition coefficient (Wildman–Crippen LogP) is 2.94. The van der Waals surface area contributed by atoms with Crippen LogP contribution < -0.4 is 5.73 Å². The molecule has 19 heavy (non-hydrogen) atoms. The number of pyridine rings is 1. The second-order valence-electron chi connectivity index (χ2n) is 4.89. The Morgan fingerprint density at radius 1 is 1.05 bits per heavy atom. The van der Waals surface area contributed by atoms with Gasteiger partial charge in [-0.15, -0.1) is 0 Å². The Bertz CT molecular complexity index is 793. The maximum Gasteiger partial charge on any atom is 0.165 e. The summed E-state index contributed by atoms with van der Waals surface area (Å²) in [4.78, 5) is 13.4. The second-order valence-corrected chi connectivity index (χ2v) is 4.89. The standard InChI is InChI=1S/C15H16N4/c1-4-12-17-14(16)11-7-10-6-8(2)5-9(3)13(10)19-15(11)18-12/h5-7H,4H2,1-3H3,(H2,16,17,18,19). The quantitative estimate of drug-likeness (QED) is 0.676. The third-order valence-electron chi connectivity index (χ3n) is 3.31. The van der Waals surface area contributed by atoms with E-state index in [0.717, 1.165) is 34.1 Å². The first-order valence-corrected chi connectivity index (χ1v) is 6.42. The Morgan fingerprint density at radius 3 is 2.58 bits per heavy atom. The van der Waals surface area contributed by atoms with Crippen LogP contribution in [0.2, 0.25) is 0 Å². The highest BCUT2D eigenvalue weighted by molar-refractivity contribution is 5.97. The number of nitrogen functional groups attached to an aromatic ring is 1. The molecule has 0 aliphatic rings. The Kier molecular flexibility index (Phi) is 2.59. The van der Waals surface area contributed by atoms with Crippen molar-refractivity contribution in [1.82, 2.24) is 15.0 Å². The zero-order valence-corrected chi connectivity index (χ0v) is 11.4. The van der Waals surface area contributed by atoms with Gasteiger partial charge in [0.2, 0.25) is 0 Å². The Morgan fingerprint density at radius 2 is 1.84 bits per heavy atom. The summed E-state index contributed by atoms with van der Waals surface area (Å²) in [6.07, 6.45) is 0.757. The van der Waals surface area contributed by atoms with Gasteiger partial charge in [0.1, 0.15) is 11.6 Å². The van der Waals surface area contributed by atoms with Gasteiger partial charge in [-0.2, -0.15) is 0 Å². The molecule has 0 aliphatic heterocycles. The van der Waals surface area contributed by atoms with Crippen LogP contribution in [0.15, 0.2) is 18.2 Å². The fourth-order valence-electron chi connectivity index (χ4n) is 2.42. The molecule has 0 amide bonds. The van der Waals surface area contributed by atoms with Crippen LogP contribution in [0.4, 0.5) is 5.82 Å². The highest BCUT2D eigenvalue weighted by atomic mass is 15.0. The molecule has 0 saturated carbocycles. The van der Waals surface area contributed by atoms with Gasteiger partial charge in [-0.3, -0.25) is 0 Å². The van der Waals surface area contributed by atoms with Gasteiger partial charge >= 0.3 is 0 Å². The molecule has 4 heteroatoms. The van der Waals surface area contributed by atoms with E-state index in [-0.39, 0.29) is 0 Å². The third-order valence-corrected chi connectivity index (χ3v) is 3.31. The average molecular weight is 252 g/mol. The minimum absolute atomic E-state index is 0.510. The number of aromatic nitrogens is 3. The van der Waals surface area contributed by atoms with E-state index in [2.05, 4.69) is 40.9 Å². The fraction of sp³-hybridized carbons (Fsp3) is 0.267. The maximum absolute atomic E-state index is 6.01. The number of nitrogens with two attached hydrogens (primary N) is 1. The molecule has 0 saturated heterocycles. The maximum atomic E-state index is 6.01. The van der Waals surface area contributed by atoms with Crippen LogP contribution in [0.1, 0.15) is 23.9 Å². The molecule has 96 valence electrons. The van der Waals surface area contributed by atoms with Gasteiger partial charge < -0.3 is 5.73 Å². The lowest BCUT2D eigenvalue weighted by molar-refractivity contribution is 0.959. The van der Waals surface area contributed by atoms with Crippen LogP contribution in [0, 0.1) is 13.8 Å². The van der Waals surface area contributed by atoms with Gasteiger partial charge in [-0.25, -0.2) is 15.0 Å². The van der Waals surface area contributed by atoms with Crippen molar-refractivity contribution in [2.75, 3.05) is 5.73 Å². The van der Waals surface area contributed by atoms with Gasteiger partial charge in [0.15, 0.2) is 5.65 Å². The largest absolute Gasteiger partial charge is 0.383 e. The van der Waals surface area contributed by atoms with Crippen molar-refractivity contribution in [2.24, 2.45) is 0 Å². The molecular formula is C15H16N4. The molecule has 3 rings (SSSR count). The monoisotopic (exact) mass is 252 g/mol. The van der Waals surface area contributed by atoms with E-state index in [9.17, 15) is 0 Å². The molecule has 0 fully saturated rings. The summed E-state index contributed by atoms with van der Waals surface area (Å²) in [5.74, 6) is 1.25. The van der Waals surface area contributed by atoms with Crippen molar-refractivity contribution < 1.29 is 0 Å². The second kappa shape index (κ2) is 4.16. The molecule has 2 aromatic heterocycles. The van der Waals surface area contributed by atoms with Crippen molar-refractivity contribution in [3.05, 3.63) is 35.2 Å². The molecule has 2 heterocycles. The molecule has 0 atom stereocenters. The van der Waals surface area contributed by atoms with Crippen LogP contribution in [-0.2, 0) is 6.42 Å². The molecule has 2 N–H and O–H groups in total. The van der Waals surface area contributed by atoms with Gasteiger partial charge in [0, 0.05) is 11.8 Å². The van der Waals surface area contributed by atoms with Gasteiger partial charge in [-0.05, 0) is 31.5 Å². The zero-order valence-electron chi connectivity index (χ0n) is 11.4. The van der Waals surface area contributed by atoms with E-state index < -0.39 is 0 Å². The lowest BCUT2D eigenvalue weighted by Gasteiger charge is -2.08. The molecule has 0 unspecified atom stereocenters. The molecule has 0 aliphatic carbocycles. The molecule has 0 spiro atoms. The number of fused-ring (bicyclic) bond motifs is 2. The summed E-state index contributed by atoms with van der Waals surface area (Å²) in [5, 5.41) is 1.92. The first-order chi connectivity index (χ1) is 9.08. The van der Waals surface area contributed by atoms with E-state index in [4.69, 9.17) is 5.73 Å². The summed E-state index contributed by atoms with van der Waals surface area (Å²) in [6.45, 7) is 6.16. The van der Waals surface area contributed by atoms with Crippen LogP contribution in [-0.4, -0.2) is 15.0 Å². The predicted molar refractivity (Wildman–Crippen MR) is 78.1 cm³/mol. The minimum atomic E-state index is 0.510. The summed E-state index contributed by atoms with van der Waals surface area (Å²) >= 11 is 0. The van der Waals surface area contributed by atoms with Crippen LogP contribution >= 0.6 is 0 Å². The van der Waals surface area contributed by atoms with E-state index in [1.807, 2.05) is 13.0 Å². The Hall–Kier alpha value is -2.23. The van der Waals surface area contributed by atoms with Crippen LogP contribution in [0.5, 0.6) is 0 Å². The SMILES string of the molecule is CCc1nc(N)c2cc3cc(C)cc(C)c3nc2n1. The topological polar surface area (TPSA) is 64.7 Å². The van der Waals surface area contributed by atoms with E-state index in [1.54, 1.807) is 0 Å². The summed E-state index contributed by atoms with van der Waals surface area (Å²) < 4.78 is 0. The first kappa shape index (κ1) is 11.8. The summed E-state index contributed by atoms with van der Waals surface area (Å²) in [6, 6.07) is 6.28. The third kappa shape index (κ3) is 1.89. The smallest absolute Gasteiger partial charge is 0.165 e. The van der Waals surface area contributed by atoms with Gasteiger partial charge in [0.05, 0.1) is 10.9 Å². The number of nitrogens with zero attached hydrogens (tertiary/aromatic N) is 3. The summed E-state index contributed by atoms with van der Waals surface area (Å²) in [7, 11) is 0. The number of benzene rings is 1. The minimum Gasteiger partial charge on any atom is -0.383 e. The number of hydrogen-bond donors (Lipinski definition) is 1. The van der Waals surface area contributed by atoms with E-state index in [1.165, 1.54) is 5.56 Å². The van der Waals surface area contributed by atoms with Crippen molar-refractivity contribution in [1.29, 1.82) is 0 Å². The van der Waals surface area contributed by atoms with Crippen molar-refractivity contribution >= 4 is 27.8 Å². The number of aryl methyl sites for hydroxylation is 3. The normalized spacial score (nSPS) is 11.3. The van der Waals surface area contributed by atoms with E-state index >= 15 is 0 Å². The lowest BCUT2D eigenvalue weighted by atomic mass is 10.1. The van der Waals surface area contributed by atoms with Crippen molar-refractivity contribution in [2.45, 2.75) is 27.2 Å². The Balaban J connectivity index is 2.45. The summed E-state index contributed by atoms with van der Waals surface area (Å²) in [5.41, 5.74) is 10.1. The highest BCUT2D eigenvalue weighted by Gasteiger charge is 2.09. The highest BCUT2D eigenvalue weighted by Crippen LogP contribution is 2.25. The molecule has 4 nitrogen and oxygen atoms in total. The van der Waals surface area contributed by atoms with Crippen LogP contribution in [0.3, 0.4) is 0 Å².